The van der Waals surface area contributed by atoms with Gasteiger partial charge in [-0.2, -0.15) is 0 Å². The van der Waals surface area contributed by atoms with E-state index >= 15 is 0 Å². The number of hydrogen-bond donors (Lipinski definition) is 1. The predicted molar refractivity (Wildman–Crippen MR) is 78.1 cm³/mol. The highest BCUT2D eigenvalue weighted by atomic mass is 16.5. The highest BCUT2D eigenvalue weighted by Crippen LogP contribution is 2.56. The lowest BCUT2D eigenvalue weighted by Crippen LogP contribution is -2.52. The lowest BCUT2D eigenvalue weighted by atomic mass is 9.78. The zero-order valence-corrected chi connectivity index (χ0v) is 11.6. The summed E-state index contributed by atoms with van der Waals surface area (Å²) >= 11 is 0. The summed E-state index contributed by atoms with van der Waals surface area (Å²) < 4.78 is 6.13. The topological polar surface area (TPSA) is 46.5 Å². The fraction of sp³-hybridized carbons (Fsp3) is 0.278. The number of para-hydroxylation sites is 1. The molecule has 1 saturated carbocycles. The summed E-state index contributed by atoms with van der Waals surface area (Å²) in [5, 5.41) is 11.2. The Labute approximate surface area is 123 Å². The summed E-state index contributed by atoms with van der Waals surface area (Å²) in [6.45, 7) is 0. The van der Waals surface area contributed by atoms with Crippen molar-refractivity contribution >= 4 is 5.78 Å². The summed E-state index contributed by atoms with van der Waals surface area (Å²) in [7, 11) is 0. The summed E-state index contributed by atoms with van der Waals surface area (Å²) in [6, 6.07) is 17.2. The van der Waals surface area contributed by atoms with Crippen molar-refractivity contribution in [3.63, 3.8) is 0 Å². The Hall–Kier alpha value is -2.13. The summed E-state index contributed by atoms with van der Waals surface area (Å²) in [6.07, 6.45) is 1.44. The van der Waals surface area contributed by atoms with Crippen LogP contribution in [0.4, 0.5) is 0 Å². The third-order valence-corrected chi connectivity index (χ3v) is 4.73. The van der Waals surface area contributed by atoms with Crippen molar-refractivity contribution in [3.8, 4) is 5.75 Å². The van der Waals surface area contributed by atoms with Crippen LogP contribution in [-0.4, -0.2) is 16.5 Å². The van der Waals surface area contributed by atoms with Gasteiger partial charge in [-0.25, -0.2) is 0 Å². The number of carbonyl (C=O) groups excluding carboxylic acids is 1. The van der Waals surface area contributed by atoms with Crippen molar-refractivity contribution in [1.82, 2.24) is 0 Å². The molecule has 1 heterocycles. The van der Waals surface area contributed by atoms with Gasteiger partial charge in [-0.05, 0) is 18.1 Å². The summed E-state index contributed by atoms with van der Waals surface area (Å²) in [5.74, 6) is 0.493. The van der Waals surface area contributed by atoms with Crippen LogP contribution in [-0.2, 0) is 16.8 Å². The molecule has 4 rings (SSSR count). The summed E-state index contributed by atoms with van der Waals surface area (Å²) in [5.41, 5.74) is -0.698. The second-order valence-electron chi connectivity index (χ2n) is 5.89. The van der Waals surface area contributed by atoms with Gasteiger partial charge in [0.15, 0.2) is 17.0 Å². The normalized spacial score (nSPS) is 29.9. The molecule has 21 heavy (non-hydrogen) atoms. The maximum atomic E-state index is 12.4. The smallest absolute Gasteiger partial charge is 0.191 e. The van der Waals surface area contributed by atoms with E-state index in [9.17, 15) is 9.90 Å². The van der Waals surface area contributed by atoms with Crippen molar-refractivity contribution in [2.24, 2.45) is 0 Å². The van der Waals surface area contributed by atoms with Crippen molar-refractivity contribution in [2.45, 2.75) is 30.5 Å². The second-order valence-corrected chi connectivity index (χ2v) is 5.89. The van der Waals surface area contributed by atoms with Gasteiger partial charge in [0.2, 0.25) is 0 Å². The number of ether oxygens (including phenoxy) is 1. The van der Waals surface area contributed by atoms with Crippen LogP contribution in [0, 0.1) is 0 Å². The van der Waals surface area contributed by atoms with E-state index in [0.29, 0.717) is 30.6 Å². The molecule has 3 heteroatoms. The number of ketones is 1. The first kappa shape index (κ1) is 12.6. The number of rotatable bonds is 2. The Morgan fingerprint density at radius 1 is 1.05 bits per heavy atom. The maximum absolute atomic E-state index is 12.4. The molecule has 1 aliphatic carbocycles. The Kier molecular flexibility index (Phi) is 2.51. The molecule has 1 N–H and O–H groups in total. The van der Waals surface area contributed by atoms with E-state index in [0.717, 1.165) is 5.56 Å². The number of Topliss-reactive ketones (excluding diaryl/α,β-unsaturated/α-hetero) is 1. The van der Waals surface area contributed by atoms with Gasteiger partial charge in [0.05, 0.1) is 0 Å². The quantitative estimate of drug-likeness (QED) is 0.919. The van der Waals surface area contributed by atoms with E-state index in [2.05, 4.69) is 0 Å². The first-order chi connectivity index (χ1) is 10.2. The highest BCUT2D eigenvalue weighted by Gasteiger charge is 2.67. The summed E-state index contributed by atoms with van der Waals surface area (Å²) in [4.78, 5) is 12.4. The van der Waals surface area contributed by atoms with E-state index < -0.39 is 11.2 Å². The Bertz CT molecular complexity index is 709. The Morgan fingerprint density at radius 2 is 1.76 bits per heavy atom. The molecular weight excluding hydrogens is 264 g/mol. The molecule has 0 radical (unpaired) electrons. The Morgan fingerprint density at radius 3 is 2.57 bits per heavy atom. The third kappa shape index (κ3) is 1.55. The molecule has 0 bridgehead atoms. The molecule has 0 spiro atoms. The van der Waals surface area contributed by atoms with E-state index in [1.165, 1.54) is 0 Å². The second kappa shape index (κ2) is 4.18. The number of fused-ring (bicyclic) bond motifs is 3. The van der Waals surface area contributed by atoms with E-state index in [1.807, 2.05) is 48.5 Å². The van der Waals surface area contributed by atoms with Gasteiger partial charge in [0, 0.05) is 18.4 Å². The largest absolute Gasteiger partial charge is 0.483 e. The van der Waals surface area contributed by atoms with Crippen LogP contribution in [0.15, 0.2) is 54.6 Å². The molecule has 2 atom stereocenters. The van der Waals surface area contributed by atoms with Gasteiger partial charge < -0.3 is 9.84 Å². The van der Waals surface area contributed by atoms with Crippen molar-refractivity contribution in [1.29, 1.82) is 0 Å². The van der Waals surface area contributed by atoms with Crippen molar-refractivity contribution in [3.05, 3.63) is 65.7 Å². The number of benzene rings is 2. The molecule has 0 saturated heterocycles. The predicted octanol–water partition coefficient (Wildman–Crippen LogP) is 2.61. The van der Waals surface area contributed by atoms with Crippen molar-refractivity contribution < 1.29 is 14.6 Å². The molecule has 0 amide bonds. The van der Waals surface area contributed by atoms with Gasteiger partial charge >= 0.3 is 0 Å². The molecule has 2 aromatic rings. The van der Waals surface area contributed by atoms with Crippen molar-refractivity contribution in [2.75, 3.05) is 0 Å². The van der Waals surface area contributed by atoms with Crippen LogP contribution < -0.4 is 4.74 Å². The monoisotopic (exact) mass is 280 g/mol. The van der Waals surface area contributed by atoms with E-state index in [4.69, 9.17) is 4.74 Å². The van der Waals surface area contributed by atoms with Crippen LogP contribution in [0.25, 0.3) is 0 Å². The van der Waals surface area contributed by atoms with Crippen LogP contribution >= 0.6 is 0 Å². The number of aliphatic hydroxyl groups is 1. The van der Waals surface area contributed by atoms with Gasteiger partial charge in [-0.15, -0.1) is 0 Å². The standard InChI is InChI=1S/C18H16O3/c19-16-10-11-17(12-13-6-2-1-3-7-13)18(16,20)14-8-4-5-9-15(14)21-17/h1-9,20H,10-12H2/t17-,18+/m1/s1. The number of hydrogen-bond acceptors (Lipinski definition) is 3. The third-order valence-electron chi connectivity index (χ3n) is 4.73. The lowest BCUT2D eigenvalue weighted by molar-refractivity contribution is -0.148. The maximum Gasteiger partial charge on any atom is 0.191 e. The molecule has 1 aliphatic heterocycles. The van der Waals surface area contributed by atoms with Crippen LogP contribution in [0.2, 0.25) is 0 Å². The van der Waals surface area contributed by atoms with Gasteiger partial charge in [-0.1, -0.05) is 48.5 Å². The van der Waals surface area contributed by atoms with E-state index in [-0.39, 0.29) is 5.78 Å². The highest BCUT2D eigenvalue weighted by molar-refractivity contribution is 5.94. The first-order valence-electron chi connectivity index (χ1n) is 7.24. The molecule has 0 aromatic heterocycles. The average molecular weight is 280 g/mol. The molecule has 0 unspecified atom stereocenters. The molecule has 3 nitrogen and oxygen atoms in total. The number of carbonyl (C=O) groups is 1. The minimum Gasteiger partial charge on any atom is -0.483 e. The van der Waals surface area contributed by atoms with Crippen LogP contribution in [0.5, 0.6) is 5.75 Å². The fourth-order valence-corrected chi connectivity index (χ4v) is 3.69. The van der Waals surface area contributed by atoms with Gasteiger partial charge in [0.1, 0.15) is 5.75 Å². The molecule has 2 aliphatic rings. The average Bonchev–Trinajstić information content (AvgIpc) is 2.89. The minimum absolute atomic E-state index is 0.136. The lowest BCUT2D eigenvalue weighted by Gasteiger charge is -2.34. The van der Waals surface area contributed by atoms with Gasteiger partial charge in [0.25, 0.3) is 0 Å². The zero-order chi connectivity index (χ0) is 14.5. The van der Waals surface area contributed by atoms with Gasteiger partial charge in [-0.3, -0.25) is 4.79 Å². The molecule has 1 fully saturated rings. The zero-order valence-electron chi connectivity index (χ0n) is 11.6. The minimum atomic E-state index is -1.51. The molecular formula is C18H16O3. The first-order valence-corrected chi connectivity index (χ1v) is 7.24. The molecule has 2 aromatic carbocycles. The van der Waals surface area contributed by atoms with Crippen LogP contribution in [0.3, 0.4) is 0 Å². The van der Waals surface area contributed by atoms with Crippen LogP contribution in [0.1, 0.15) is 24.0 Å². The molecule has 106 valence electrons. The Balaban J connectivity index is 1.84. The fourth-order valence-electron chi connectivity index (χ4n) is 3.69. The SMILES string of the molecule is O=C1CC[C@]2(Cc3ccccc3)Oc3ccccc3[C@]12O. The van der Waals surface area contributed by atoms with E-state index in [1.54, 1.807) is 6.07 Å².